The number of carbonyl (C=O) groups is 1. The lowest BCUT2D eigenvalue weighted by molar-refractivity contribution is -0.131. The Morgan fingerprint density at radius 3 is 2.29 bits per heavy atom. The Bertz CT molecular complexity index is 894. The zero-order chi connectivity index (χ0) is 22.4. The third-order valence-corrected chi connectivity index (χ3v) is 5.83. The quantitative estimate of drug-likeness (QED) is 0.646. The van der Waals surface area contributed by atoms with Gasteiger partial charge in [0.15, 0.2) is 11.5 Å². The van der Waals surface area contributed by atoms with Crippen LogP contribution < -0.4 is 19.1 Å². The maximum atomic E-state index is 12.8. The summed E-state index contributed by atoms with van der Waals surface area (Å²) in [4.78, 5) is 19.2. The summed E-state index contributed by atoms with van der Waals surface area (Å²) in [5, 5.41) is 0. The molecule has 1 heterocycles. The average molecular weight is 428 g/mol. The van der Waals surface area contributed by atoms with Gasteiger partial charge < -0.3 is 24.0 Å². The molecule has 0 aromatic heterocycles. The first-order valence-corrected chi connectivity index (χ1v) is 10.5. The van der Waals surface area contributed by atoms with Crippen LogP contribution in [0.5, 0.6) is 17.2 Å². The Morgan fingerprint density at radius 1 is 0.968 bits per heavy atom. The number of hydrogen-bond donors (Lipinski definition) is 0. The molecule has 0 radical (unpaired) electrons. The van der Waals surface area contributed by atoms with E-state index in [1.54, 1.807) is 26.2 Å². The summed E-state index contributed by atoms with van der Waals surface area (Å²) in [5.41, 5.74) is 3.28. The second-order valence-corrected chi connectivity index (χ2v) is 7.85. The Morgan fingerprint density at radius 2 is 1.65 bits per heavy atom. The molecule has 1 aliphatic rings. The SMILES string of the molecule is COc1cccc(N2CCN(CC(=O)N(C)Cc3cc(OC)c(OC)cc3C)CC2)c1. The molecule has 2 aromatic rings. The molecule has 168 valence electrons. The van der Waals surface area contributed by atoms with E-state index in [2.05, 4.69) is 21.9 Å². The predicted molar refractivity (Wildman–Crippen MR) is 122 cm³/mol. The fraction of sp³-hybridized carbons (Fsp3) is 0.458. The Labute approximate surface area is 185 Å². The van der Waals surface area contributed by atoms with E-state index in [1.165, 1.54) is 0 Å². The van der Waals surface area contributed by atoms with E-state index >= 15 is 0 Å². The van der Waals surface area contributed by atoms with Crippen molar-refractivity contribution in [3.05, 3.63) is 47.5 Å². The van der Waals surface area contributed by atoms with Crippen molar-refractivity contribution in [2.75, 3.05) is 66.0 Å². The number of ether oxygens (including phenoxy) is 3. The Kier molecular flexibility index (Phi) is 7.63. The van der Waals surface area contributed by atoms with Crippen LogP contribution in [0.4, 0.5) is 5.69 Å². The van der Waals surface area contributed by atoms with Crippen molar-refractivity contribution in [3.63, 3.8) is 0 Å². The zero-order valence-corrected chi connectivity index (χ0v) is 19.2. The zero-order valence-electron chi connectivity index (χ0n) is 19.2. The second-order valence-electron chi connectivity index (χ2n) is 7.85. The molecule has 0 saturated carbocycles. The van der Waals surface area contributed by atoms with Gasteiger partial charge in [0, 0.05) is 51.5 Å². The maximum Gasteiger partial charge on any atom is 0.236 e. The highest BCUT2D eigenvalue weighted by Gasteiger charge is 2.21. The molecule has 0 N–H and O–H groups in total. The minimum absolute atomic E-state index is 0.115. The van der Waals surface area contributed by atoms with Crippen LogP contribution >= 0.6 is 0 Å². The number of amides is 1. The fourth-order valence-electron chi connectivity index (χ4n) is 3.82. The number of benzene rings is 2. The number of hydrogen-bond acceptors (Lipinski definition) is 6. The molecule has 31 heavy (non-hydrogen) atoms. The lowest BCUT2D eigenvalue weighted by atomic mass is 10.1. The van der Waals surface area contributed by atoms with Gasteiger partial charge in [0.1, 0.15) is 5.75 Å². The number of rotatable bonds is 8. The van der Waals surface area contributed by atoms with Crippen LogP contribution in [0.15, 0.2) is 36.4 Å². The summed E-state index contributed by atoms with van der Waals surface area (Å²) in [5.74, 6) is 2.36. The first kappa shape index (κ1) is 22.7. The normalized spacial score (nSPS) is 14.3. The van der Waals surface area contributed by atoms with Crippen LogP contribution in [0, 0.1) is 6.92 Å². The molecule has 2 aromatic carbocycles. The van der Waals surface area contributed by atoms with Crippen LogP contribution in [0.2, 0.25) is 0 Å². The van der Waals surface area contributed by atoms with Crippen molar-refractivity contribution < 1.29 is 19.0 Å². The van der Waals surface area contributed by atoms with Gasteiger partial charge in [-0.2, -0.15) is 0 Å². The van der Waals surface area contributed by atoms with Crippen molar-refractivity contribution in [3.8, 4) is 17.2 Å². The van der Waals surface area contributed by atoms with E-state index in [0.29, 0.717) is 24.6 Å². The van der Waals surface area contributed by atoms with E-state index in [1.807, 2.05) is 38.2 Å². The monoisotopic (exact) mass is 427 g/mol. The minimum atomic E-state index is 0.115. The number of likely N-dealkylation sites (N-methyl/N-ethyl adjacent to an activating group) is 1. The summed E-state index contributed by atoms with van der Waals surface area (Å²) >= 11 is 0. The fourth-order valence-corrected chi connectivity index (χ4v) is 3.82. The molecule has 0 spiro atoms. The topological polar surface area (TPSA) is 54.5 Å². The molecule has 1 amide bonds. The van der Waals surface area contributed by atoms with Crippen molar-refractivity contribution in [1.82, 2.24) is 9.80 Å². The third-order valence-electron chi connectivity index (χ3n) is 5.83. The van der Waals surface area contributed by atoms with Gasteiger partial charge in [0.25, 0.3) is 0 Å². The van der Waals surface area contributed by atoms with Gasteiger partial charge in [0.2, 0.25) is 5.91 Å². The number of carbonyl (C=O) groups excluding carboxylic acids is 1. The smallest absolute Gasteiger partial charge is 0.236 e. The third kappa shape index (κ3) is 5.61. The molecule has 7 heteroatoms. The van der Waals surface area contributed by atoms with Gasteiger partial charge in [-0.1, -0.05) is 6.07 Å². The highest BCUT2D eigenvalue weighted by Crippen LogP contribution is 2.30. The number of piperazine rings is 1. The highest BCUT2D eigenvalue weighted by atomic mass is 16.5. The van der Waals surface area contributed by atoms with Gasteiger partial charge in [-0.3, -0.25) is 9.69 Å². The molecular formula is C24H33N3O4. The first-order valence-electron chi connectivity index (χ1n) is 10.5. The second kappa shape index (κ2) is 10.4. The molecule has 0 bridgehead atoms. The Balaban J connectivity index is 1.54. The summed E-state index contributed by atoms with van der Waals surface area (Å²) in [6.45, 7) is 6.47. The van der Waals surface area contributed by atoms with Crippen molar-refractivity contribution >= 4 is 11.6 Å². The van der Waals surface area contributed by atoms with Gasteiger partial charge in [-0.05, 0) is 42.3 Å². The van der Waals surface area contributed by atoms with Crippen LogP contribution in [0.25, 0.3) is 0 Å². The van der Waals surface area contributed by atoms with E-state index in [4.69, 9.17) is 14.2 Å². The van der Waals surface area contributed by atoms with Crippen LogP contribution in [0.1, 0.15) is 11.1 Å². The summed E-state index contributed by atoms with van der Waals surface area (Å²) < 4.78 is 16.1. The minimum Gasteiger partial charge on any atom is -0.497 e. The first-order chi connectivity index (χ1) is 14.9. The number of anilines is 1. The van der Waals surface area contributed by atoms with Crippen LogP contribution in [0.3, 0.4) is 0 Å². The molecule has 0 atom stereocenters. The number of methoxy groups -OCH3 is 3. The van der Waals surface area contributed by atoms with Crippen molar-refractivity contribution in [2.45, 2.75) is 13.5 Å². The predicted octanol–water partition coefficient (Wildman–Crippen LogP) is 2.80. The van der Waals surface area contributed by atoms with E-state index < -0.39 is 0 Å². The van der Waals surface area contributed by atoms with Gasteiger partial charge in [0.05, 0.1) is 27.9 Å². The van der Waals surface area contributed by atoms with E-state index in [-0.39, 0.29) is 5.91 Å². The van der Waals surface area contributed by atoms with Crippen molar-refractivity contribution in [1.29, 1.82) is 0 Å². The highest BCUT2D eigenvalue weighted by molar-refractivity contribution is 5.78. The van der Waals surface area contributed by atoms with Gasteiger partial charge >= 0.3 is 0 Å². The lowest BCUT2D eigenvalue weighted by Gasteiger charge is -2.36. The van der Waals surface area contributed by atoms with Crippen LogP contribution in [-0.2, 0) is 11.3 Å². The van der Waals surface area contributed by atoms with E-state index in [9.17, 15) is 4.79 Å². The number of aryl methyl sites for hydroxylation is 1. The largest absolute Gasteiger partial charge is 0.497 e. The molecule has 0 aliphatic carbocycles. The molecule has 0 unspecified atom stereocenters. The van der Waals surface area contributed by atoms with Gasteiger partial charge in [-0.15, -0.1) is 0 Å². The van der Waals surface area contributed by atoms with Crippen LogP contribution in [-0.4, -0.2) is 76.8 Å². The Hall–Kier alpha value is -2.93. The lowest BCUT2D eigenvalue weighted by Crippen LogP contribution is -2.49. The summed E-state index contributed by atoms with van der Waals surface area (Å²) in [6, 6.07) is 12.0. The molecule has 1 saturated heterocycles. The molecule has 3 rings (SSSR count). The molecule has 1 fully saturated rings. The summed E-state index contributed by atoms with van der Waals surface area (Å²) in [7, 11) is 6.78. The maximum absolute atomic E-state index is 12.8. The average Bonchev–Trinajstić information content (AvgIpc) is 2.80. The molecule has 1 aliphatic heterocycles. The van der Waals surface area contributed by atoms with Gasteiger partial charge in [-0.25, -0.2) is 0 Å². The molecule has 7 nitrogen and oxygen atoms in total. The number of nitrogens with zero attached hydrogens (tertiary/aromatic N) is 3. The standard InChI is InChI=1S/C24H33N3O4/c1-18-13-22(30-4)23(31-5)14-19(18)16-25(2)24(28)17-26-9-11-27(12-10-26)20-7-6-8-21(15-20)29-3/h6-8,13-15H,9-12,16-17H2,1-5H3. The van der Waals surface area contributed by atoms with Crippen molar-refractivity contribution in [2.24, 2.45) is 0 Å². The van der Waals surface area contributed by atoms with E-state index in [0.717, 1.165) is 48.7 Å². The molecular weight excluding hydrogens is 394 g/mol. The summed E-state index contributed by atoms with van der Waals surface area (Å²) in [6.07, 6.45) is 0.